The molecular weight excluding hydrogens is 268 g/mol. The van der Waals surface area contributed by atoms with Gasteiger partial charge in [0.15, 0.2) is 0 Å². The second-order valence-electron chi connectivity index (χ2n) is 5.25. The van der Waals surface area contributed by atoms with E-state index >= 15 is 0 Å². The van der Waals surface area contributed by atoms with Crippen LogP contribution in [-0.2, 0) is 0 Å². The number of nitrogens with one attached hydrogen (secondary N) is 1. The Labute approximate surface area is 123 Å². The topological polar surface area (TPSA) is 80.0 Å². The smallest absolute Gasteiger partial charge is 0.251 e. The molecular formula is C15H20N4O2. The molecule has 0 aliphatic carbocycles. The summed E-state index contributed by atoms with van der Waals surface area (Å²) in [7, 11) is 0. The van der Waals surface area contributed by atoms with Crippen molar-refractivity contribution in [3.05, 3.63) is 42.2 Å². The third-order valence-electron chi connectivity index (χ3n) is 3.29. The summed E-state index contributed by atoms with van der Waals surface area (Å²) in [5.41, 5.74) is 1.34. The Balaban J connectivity index is 1.95. The summed E-state index contributed by atoms with van der Waals surface area (Å²) in [5.74, 6) is 0.0328. The molecule has 0 bridgehead atoms. The molecule has 6 heteroatoms. The van der Waals surface area contributed by atoms with Gasteiger partial charge in [0.25, 0.3) is 5.91 Å². The van der Waals surface area contributed by atoms with E-state index in [-0.39, 0.29) is 11.8 Å². The number of aromatic nitrogens is 3. The first-order valence-corrected chi connectivity index (χ1v) is 7.01. The Bertz CT molecular complexity index is 581. The average molecular weight is 288 g/mol. The molecule has 0 saturated carbocycles. The maximum Gasteiger partial charge on any atom is 0.251 e. The lowest BCUT2D eigenvalue weighted by Gasteiger charge is -2.14. The maximum atomic E-state index is 12.1. The highest BCUT2D eigenvalue weighted by Gasteiger charge is 2.11. The van der Waals surface area contributed by atoms with E-state index in [1.165, 1.54) is 0 Å². The fourth-order valence-electron chi connectivity index (χ4n) is 1.90. The zero-order chi connectivity index (χ0) is 15.2. The molecule has 0 aliphatic rings. The summed E-state index contributed by atoms with van der Waals surface area (Å²) in [6.45, 7) is 4.36. The lowest BCUT2D eigenvalue weighted by molar-refractivity contribution is 0.0920. The van der Waals surface area contributed by atoms with Gasteiger partial charge in [-0.1, -0.05) is 25.1 Å². The molecule has 1 amide bonds. The number of hydrogen-bond acceptors (Lipinski definition) is 4. The van der Waals surface area contributed by atoms with Crippen LogP contribution in [0.1, 0.15) is 30.6 Å². The first kappa shape index (κ1) is 15.2. The van der Waals surface area contributed by atoms with Gasteiger partial charge >= 0.3 is 0 Å². The molecule has 0 saturated heterocycles. The monoisotopic (exact) mass is 288 g/mol. The molecule has 1 unspecified atom stereocenters. The third-order valence-corrected chi connectivity index (χ3v) is 3.29. The number of benzene rings is 1. The van der Waals surface area contributed by atoms with Crippen LogP contribution < -0.4 is 5.32 Å². The van der Waals surface area contributed by atoms with Gasteiger partial charge < -0.3 is 10.4 Å². The number of aliphatic hydroxyl groups excluding tert-OH is 1. The Morgan fingerprint density at radius 3 is 2.90 bits per heavy atom. The number of nitrogens with zero attached hydrogens (tertiary/aromatic N) is 3. The van der Waals surface area contributed by atoms with Gasteiger partial charge in [-0.2, -0.15) is 0 Å². The first-order valence-electron chi connectivity index (χ1n) is 7.01. The molecule has 21 heavy (non-hydrogen) atoms. The minimum atomic E-state index is -0.396. The van der Waals surface area contributed by atoms with E-state index < -0.39 is 6.10 Å². The Morgan fingerprint density at radius 2 is 2.24 bits per heavy atom. The van der Waals surface area contributed by atoms with Crippen molar-refractivity contribution < 1.29 is 9.90 Å². The van der Waals surface area contributed by atoms with Crippen molar-refractivity contribution in [2.24, 2.45) is 5.92 Å². The normalized spacial score (nSPS) is 12.4. The number of carbonyl (C=O) groups is 1. The van der Waals surface area contributed by atoms with Crippen molar-refractivity contribution in [3.8, 4) is 5.69 Å². The van der Waals surface area contributed by atoms with Crippen molar-refractivity contribution in [2.45, 2.75) is 26.4 Å². The number of carbonyl (C=O) groups excluding carboxylic acids is 1. The van der Waals surface area contributed by atoms with Crippen molar-refractivity contribution >= 4 is 5.91 Å². The molecule has 1 atom stereocenters. The van der Waals surface area contributed by atoms with Crippen LogP contribution >= 0.6 is 0 Å². The van der Waals surface area contributed by atoms with Crippen LogP contribution in [0.2, 0.25) is 0 Å². The molecule has 112 valence electrons. The third kappa shape index (κ3) is 4.13. The summed E-state index contributed by atoms with van der Waals surface area (Å²) in [6, 6.07) is 7.15. The predicted molar refractivity (Wildman–Crippen MR) is 79.2 cm³/mol. The minimum Gasteiger partial charge on any atom is -0.393 e. The van der Waals surface area contributed by atoms with Crippen molar-refractivity contribution in [1.29, 1.82) is 0 Å². The Kier molecular flexibility index (Phi) is 5.05. The van der Waals surface area contributed by atoms with E-state index in [1.807, 2.05) is 19.9 Å². The molecule has 0 spiro atoms. The van der Waals surface area contributed by atoms with Crippen LogP contribution in [0, 0.1) is 5.92 Å². The Morgan fingerprint density at radius 1 is 1.43 bits per heavy atom. The quantitative estimate of drug-likeness (QED) is 0.842. The zero-order valence-electron chi connectivity index (χ0n) is 12.2. The van der Waals surface area contributed by atoms with Crippen LogP contribution in [0.15, 0.2) is 36.7 Å². The zero-order valence-corrected chi connectivity index (χ0v) is 12.2. The molecule has 1 aromatic heterocycles. The molecule has 6 nitrogen and oxygen atoms in total. The van der Waals surface area contributed by atoms with Gasteiger partial charge in [-0.3, -0.25) is 4.79 Å². The molecule has 1 aromatic carbocycles. The fourth-order valence-corrected chi connectivity index (χ4v) is 1.90. The summed E-state index contributed by atoms with van der Waals surface area (Å²) in [4.78, 5) is 12.1. The summed E-state index contributed by atoms with van der Waals surface area (Å²) in [6.07, 6.45) is 3.45. The molecule has 1 heterocycles. The molecule has 0 radical (unpaired) electrons. The van der Waals surface area contributed by atoms with Crippen LogP contribution in [0.4, 0.5) is 0 Å². The van der Waals surface area contributed by atoms with Crippen LogP contribution in [0.25, 0.3) is 5.69 Å². The summed E-state index contributed by atoms with van der Waals surface area (Å²) < 4.78 is 1.60. The van der Waals surface area contributed by atoms with Gasteiger partial charge in [0.05, 0.1) is 24.2 Å². The number of aliphatic hydroxyl groups is 1. The highest BCUT2D eigenvalue weighted by molar-refractivity contribution is 5.94. The summed E-state index contributed by atoms with van der Waals surface area (Å²) in [5, 5.41) is 20.2. The van der Waals surface area contributed by atoms with E-state index in [0.717, 1.165) is 5.69 Å². The van der Waals surface area contributed by atoms with Crippen molar-refractivity contribution in [3.63, 3.8) is 0 Å². The van der Waals surface area contributed by atoms with E-state index in [9.17, 15) is 9.90 Å². The lowest BCUT2D eigenvalue weighted by Crippen LogP contribution is -2.28. The van der Waals surface area contributed by atoms with Crippen molar-refractivity contribution in [2.75, 3.05) is 6.54 Å². The van der Waals surface area contributed by atoms with Gasteiger partial charge in [-0.25, -0.2) is 4.68 Å². The van der Waals surface area contributed by atoms with Crippen LogP contribution in [0.5, 0.6) is 0 Å². The standard InChI is InChI=1S/C15H20N4O2/c1-11(2)14(20)6-7-16-15(21)12-4-3-5-13(10-12)19-9-8-17-18-19/h3-5,8-11,14,20H,6-7H2,1-2H3,(H,16,21). The van der Waals surface area contributed by atoms with E-state index in [0.29, 0.717) is 18.5 Å². The average Bonchev–Trinajstić information content (AvgIpc) is 3.01. The number of rotatable bonds is 6. The number of amides is 1. The second-order valence-corrected chi connectivity index (χ2v) is 5.25. The molecule has 2 N–H and O–H groups in total. The van der Waals surface area contributed by atoms with Gasteiger partial charge in [0.1, 0.15) is 0 Å². The largest absolute Gasteiger partial charge is 0.393 e. The predicted octanol–water partition coefficient (Wildman–Crippen LogP) is 1.40. The van der Waals surface area contributed by atoms with Gasteiger partial charge in [-0.05, 0) is 30.5 Å². The molecule has 0 fully saturated rings. The second kappa shape index (κ2) is 6.99. The van der Waals surface area contributed by atoms with Crippen LogP contribution in [-0.4, -0.2) is 38.7 Å². The highest BCUT2D eigenvalue weighted by Crippen LogP contribution is 2.09. The van der Waals surface area contributed by atoms with Crippen molar-refractivity contribution in [1.82, 2.24) is 20.3 Å². The molecule has 0 aliphatic heterocycles. The maximum absolute atomic E-state index is 12.1. The van der Waals surface area contributed by atoms with E-state index in [4.69, 9.17) is 0 Å². The fraction of sp³-hybridized carbons (Fsp3) is 0.400. The van der Waals surface area contributed by atoms with Crippen LogP contribution in [0.3, 0.4) is 0 Å². The summed E-state index contributed by atoms with van der Waals surface area (Å²) >= 11 is 0. The van der Waals surface area contributed by atoms with Gasteiger partial charge in [-0.15, -0.1) is 5.10 Å². The van der Waals surface area contributed by atoms with E-state index in [1.54, 1.807) is 35.3 Å². The molecule has 2 aromatic rings. The number of hydrogen-bond donors (Lipinski definition) is 2. The van der Waals surface area contributed by atoms with Gasteiger partial charge in [0.2, 0.25) is 0 Å². The SMILES string of the molecule is CC(C)C(O)CCNC(=O)c1cccc(-n2ccnn2)c1. The van der Waals surface area contributed by atoms with Gasteiger partial charge in [0, 0.05) is 12.1 Å². The first-order chi connectivity index (χ1) is 10.1. The minimum absolute atomic E-state index is 0.159. The highest BCUT2D eigenvalue weighted by atomic mass is 16.3. The van der Waals surface area contributed by atoms with E-state index in [2.05, 4.69) is 15.6 Å². The Hall–Kier alpha value is -2.21. The lowest BCUT2D eigenvalue weighted by atomic mass is 10.0. The molecule has 2 rings (SSSR count).